The van der Waals surface area contributed by atoms with Crippen molar-refractivity contribution < 1.29 is 4.79 Å². The van der Waals surface area contributed by atoms with Gasteiger partial charge in [-0.25, -0.2) is 0 Å². The van der Waals surface area contributed by atoms with E-state index in [1.165, 1.54) is 11.3 Å². The van der Waals surface area contributed by atoms with Gasteiger partial charge in [0.15, 0.2) is 0 Å². The first-order valence-electron chi connectivity index (χ1n) is 8.59. The molecule has 2 aromatic heterocycles. The number of fused-ring (bicyclic) bond motifs is 1. The Kier molecular flexibility index (Phi) is 4.35. The third kappa shape index (κ3) is 2.86. The number of carbonyl (C=O) groups excluding carboxylic acids is 1. The Hall–Kier alpha value is -1.40. The predicted octanol–water partition coefficient (Wildman–Crippen LogP) is 3.45. The van der Waals surface area contributed by atoms with Crippen LogP contribution in [0, 0.1) is 0 Å². The van der Waals surface area contributed by atoms with Crippen LogP contribution in [0.2, 0.25) is 4.34 Å². The van der Waals surface area contributed by atoms with Gasteiger partial charge in [-0.2, -0.15) is 0 Å². The maximum absolute atomic E-state index is 12.9. The van der Waals surface area contributed by atoms with Gasteiger partial charge in [0.2, 0.25) is 5.91 Å². The van der Waals surface area contributed by atoms with Crippen LogP contribution in [0.1, 0.15) is 54.5 Å². The first-order chi connectivity index (χ1) is 11.6. The van der Waals surface area contributed by atoms with Gasteiger partial charge in [0, 0.05) is 36.9 Å². The van der Waals surface area contributed by atoms with Gasteiger partial charge in [-0.05, 0) is 38.3 Å². The zero-order chi connectivity index (χ0) is 16.7. The van der Waals surface area contributed by atoms with Gasteiger partial charge in [-0.15, -0.1) is 21.5 Å². The molecule has 1 fully saturated rings. The minimum absolute atomic E-state index is 0.134. The summed E-state index contributed by atoms with van der Waals surface area (Å²) in [4.78, 5) is 15.9. The molecule has 24 heavy (non-hydrogen) atoms. The lowest BCUT2D eigenvalue weighted by Gasteiger charge is -2.33. The summed E-state index contributed by atoms with van der Waals surface area (Å²) >= 11 is 7.51. The molecule has 2 aliphatic rings. The molecule has 4 rings (SSSR count). The molecular weight excluding hydrogens is 344 g/mol. The van der Waals surface area contributed by atoms with Crippen LogP contribution >= 0.6 is 22.9 Å². The van der Waals surface area contributed by atoms with Crippen molar-refractivity contribution in [2.24, 2.45) is 0 Å². The summed E-state index contributed by atoms with van der Waals surface area (Å²) in [6.07, 6.45) is 4.29. The molecule has 2 aliphatic heterocycles. The molecule has 0 N–H and O–H groups in total. The molecule has 2 unspecified atom stereocenters. The maximum atomic E-state index is 12.9. The fourth-order valence-corrected chi connectivity index (χ4v) is 4.92. The average molecular weight is 365 g/mol. The van der Waals surface area contributed by atoms with Crippen molar-refractivity contribution in [2.45, 2.75) is 51.0 Å². The molecule has 1 saturated heterocycles. The smallest absolute Gasteiger partial charge is 0.230 e. The Bertz CT molecular complexity index is 756. The molecule has 5 nitrogen and oxygen atoms in total. The number of rotatable bonds is 3. The Morgan fingerprint density at radius 2 is 2.21 bits per heavy atom. The lowest BCUT2D eigenvalue weighted by Crippen LogP contribution is -2.41. The van der Waals surface area contributed by atoms with Gasteiger partial charge in [0.25, 0.3) is 0 Å². The number of aryl methyl sites for hydroxylation is 1. The van der Waals surface area contributed by atoms with Gasteiger partial charge < -0.3 is 9.47 Å². The summed E-state index contributed by atoms with van der Waals surface area (Å²) in [5.74, 6) is 2.55. The number of hydrogen-bond donors (Lipinski definition) is 0. The fraction of sp³-hybridized carbons (Fsp3) is 0.588. The summed E-state index contributed by atoms with van der Waals surface area (Å²) in [5.41, 5.74) is 0. The Morgan fingerprint density at radius 3 is 3.00 bits per heavy atom. The first-order valence-corrected chi connectivity index (χ1v) is 9.79. The van der Waals surface area contributed by atoms with Crippen LogP contribution in [0.5, 0.6) is 0 Å². The van der Waals surface area contributed by atoms with E-state index in [0.29, 0.717) is 5.92 Å². The molecule has 0 aromatic carbocycles. The number of thiophene rings is 1. The van der Waals surface area contributed by atoms with Crippen molar-refractivity contribution in [3.63, 3.8) is 0 Å². The fourth-order valence-electron chi connectivity index (χ4n) is 3.82. The second-order valence-electron chi connectivity index (χ2n) is 6.72. The highest BCUT2D eigenvalue weighted by Crippen LogP contribution is 2.32. The quantitative estimate of drug-likeness (QED) is 0.838. The molecule has 0 radical (unpaired) electrons. The Balaban J connectivity index is 1.49. The minimum atomic E-state index is -0.134. The molecule has 1 amide bonds. The Morgan fingerprint density at radius 1 is 1.33 bits per heavy atom. The highest BCUT2D eigenvalue weighted by molar-refractivity contribution is 7.16. The number of halogens is 1. The van der Waals surface area contributed by atoms with Crippen LogP contribution in [0.25, 0.3) is 0 Å². The predicted molar refractivity (Wildman–Crippen MR) is 94.6 cm³/mol. The van der Waals surface area contributed by atoms with Crippen molar-refractivity contribution in [3.8, 4) is 0 Å². The van der Waals surface area contributed by atoms with E-state index in [2.05, 4.69) is 14.8 Å². The van der Waals surface area contributed by atoms with Crippen molar-refractivity contribution in [2.75, 3.05) is 13.1 Å². The van der Waals surface area contributed by atoms with Crippen LogP contribution in [-0.4, -0.2) is 38.7 Å². The largest absolute Gasteiger partial charge is 0.341 e. The van der Waals surface area contributed by atoms with Crippen LogP contribution in [-0.2, 0) is 17.8 Å². The van der Waals surface area contributed by atoms with E-state index in [0.717, 1.165) is 66.2 Å². The molecule has 0 bridgehead atoms. The number of aromatic nitrogens is 3. The summed E-state index contributed by atoms with van der Waals surface area (Å²) in [6, 6.07) is 3.83. The zero-order valence-corrected chi connectivity index (χ0v) is 15.3. The van der Waals surface area contributed by atoms with Crippen LogP contribution < -0.4 is 0 Å². The lowest BCUT2D eigenvalue weighted by atomic mass is 9.95. The second kappa shape index (κ2) is 6.48. The van der Waals surface area contributed by atoms with E-state index in [9.17, 15) is 4.79 Å². The van der Waals surface area contributed by atoms with Gasteiger partial charge in [-0.3, -0.25) is 4.79 Å². The highest BCUT2D eigenvalue weighted by atomic mass is 35.5. The van der Waals surface area contributed by atoms with Gasteiger partial charge in [0.1, 0.15) is 11.6 Å². The van der Waals surface area contributed by atoms with E-state index >= 15 is 0 Å². The van der Waals surface area contributed by atoms with Crippen molar-refractivity contribution in [3.05, 3.63) is 33.0 Å². The van der Waals surface area contributed by atoms with Gasteiger partial charge in [0.05, 0.1) is 10.3 Å². The lowest BCUT2D eigenvalue weighted by molar-refractivity contribution is -0.133. The summed E-state index contributed by atoms with van der Waals surface area (Å²) in [7, 11) is 0. The van der Waals surface area contributed by atoms with Crippen molar-refractivity contribution >= 4 is 28.8 Å². The topological polar surface area (TPSA) is 51.0 Å². The van der Waals surface area contributed by atoms with Crippen LogP contribution in [0.3, 0.4) is 0 Å². The van der Waals surface area contributed by atoms with E-state index in [1.807, 2.05) is 24.0 Å². The summed E-state index contributed by atoms with van der Waals surface area (Å²) in [5, 5.41) is 8.74. The number of nitrogens with zero attached hydrogens (tertiary/aromatic N) is 4. The van der Waals surface area contributed by atoms with Crippen molar-refractivity contribution in [1.82, 2.24) is 19.7 Å². The zero-order valence-electron chi connectivity index (χ0n) is 13.7. The molecule has 0 spiro atoms. The number of piperidine rings is 1. The molecular formula is C17H21ClN4OS. The third-order valence-corrected chi connectivity index (χ3v) is 6.54. The monoisotopic (exact) mass is 364 g/mol. The SMILES string of the molecule is CC(C(=O)N1CCCC(c2nnc3n2CCC3)C1)c1ccc(Cl)s1. The number of carbonyl (C=O) groups is 1. The average Bonchev–Trinajstić information content (AvgIpc) is 3.30. The summed E-state index contributed by atoms with van der Waals surface area (Å²) < 4.78 is 3.00. The van der Waals surface area contributed by atoms with Crippen molar-refractivity contribution in [1.29, 1.82) is 0 Å². The Labute approximate surface area is 150 Å². The second-order valence-corrected chi connectivity index (χ2v) is 8.46. The normalized spacial score (nSPS) is 21.8. The van der Waals surface area contributed by atoms with Gasteiger partial charge in [-0.1, -0.05) is 11.6 Å². The number of amides is 1. The van der Waals surface area contributed by atoms with E-state index in [1.54, 1.807) is 0 Å². The minimum Gasteiger partial charge on any atom is -0.341 e. The summed E-state index contributed by atoms with van der Waals surface area (Å²) in [6.45, 7) is 4.58. The van der Waals surface area contributed by atoms with E-state index < -0.39 is 0 Å². The molecule has 2 aromatic rings. The molecule has 128 valence electrons. The third-order valence-electron chi connectivity index (χ3n) is 5.13. The van der Waals surface area contributed by atoms with Crippen LogP contribution in [0.4, 0.5) is 0 Å². The van der Waals surface area contributed by atoms with Crippen LogP contribution in [0.15, 0.2) is 12.1 Å². The molecule has 4 heterocycles. The number of likely N-dealkylation sites (tertiary alicyclic amines) is 1. The molecule has 2 atom stereocenters. The molecule has 0 aliphatic carbocycles. The highest BCUT2D eigenvalue weighted by Gasteiger charge is 2.32. The first kappa shape index (κ1) is 16.1. The molecule has 0 saturated carbocycles. The maximum Gasteiger partial charge on any atom is 0.230 e. The standard InChI is InChI=1S/C17H21ClN4OS/c1-11(13-6-7-14(18)24-13)17(23)21-8-2-4-12(10-21)16-20-19-15-5-3-9-22(15)16/h6-7,11-12H,2-5,8-10H2,1H3. The van der Waals surface area contributed by atoms with E-state index in [-0.39, 0.29) is 11.8 Å². The van der Waals surface area contributed by atoms with E-state index in [4.69, 9.17) is 11.6 Å². The molecule has 7 heteroatoms. The van der Waals surface area contributed by atoms with Gasteiger partial charge >= 0.3 is 0 Å². The number of hydrogen-bond acceptors (Lipinski definition) is 4.